The Labute approximate surface area is 126 Å². The minimum atomic E-state index is 0.134. The van der Waals surface area contributed by atoms with Gasteiger partial charge in [-0.05, 0) is 26.3 Å². The number of pyridine rings is 1. The van der Waals surface area contributed by atoms with Crippen molar-refractivity contribution in [3.05, 3.63) is 69.7 Å². The number of rotatable bonds is 4. The third kappa shape index (κ3) is 3.42. The van der Waals surface area contributed by atoms with E-state index in [0.29, 0.717) is 0 Å². The van der Waals surface area contributed by atoms with Gasteiger partial charge < -0.3 is 4.57 Å². The maximum absolute atomic E-state index is 11.8. The monoisotopic (exact) mass is 284 g/mol. The standard InChI is InChI=1S/C18H24N2O/c1-5-7-16(14(3)6-2)12-19-10-11-20-9-8-18(21)15(4)17(20)13-19/h5-9H,1,10-13H2,2-4H3/b14-6-,16-7-. The van der Waals surface area contributed by atoms with Crippen molar-refractivity contribution in [2.75, 3.05) is 13.1 Å². The first kappa shape index (κ1) is 15.5. The summed E-state index contributed by atoms with van der Waals surface area (Å²) in [6, 6.07) is 1.67. The fourth-order valence-electron chi connectivity index (χ4n) is 2.70. The van der Waals surface area contributed by atoms with Crippen LogP contribution in [0, 0.1) is 6.92 Å². The van der Waals surface area contributed by atoms with Crippen LogP contribution in [0.2, 0.25) is 0 Å². The zero-order chi connectivity index (χ0) is 15.4. The molecule has 112 valence electrons. The molecule has 2 rings (SSSR count). The smallest absolute Gasteiger partial charge is 0.184 e. The summed E-state index contributed by atoms with van der Waals surface area (Å²) in [6.45, 7) is 13.6. The molecule has 0 radical (unpaired) electrons. The highest BCUT2D eigenvalue weighted by molar-refractivity contribution is 5.33. The van der Waals surface area contributed by atoms with Crippen molar-refractivity contribution < 1.29 is 0 Å². The Morgan fingerprint density at radius 2 is 2.19 bits per heavy atom. The summed E-state index contributed by atoms with van der Waals surface area (Å²) in [5, 5.41) is 0. The van der Waals surface area contributed by atoms with Gasteiger partial charge in [0.1, 0.15) is 0 Å². The van der Waals surface area contributed by atoms with E-state index in [1.165, 1.54) is 11.1 Å². The van der Waals surface area contributed by atoms with Crippen molar-refractivity contribution in [1.29, 1.82) is 0 Å². The Bertz CT molecular complexity index is 650. The molecule has 3 heteroatoms. The van der Waals surface area contributed by atoms with Crippen LogP contribution in [0.15, 0.2) is 53.0 Å². The largest absolute Gasteiger partial charge is 0.348 e. The quantitative estimate of drug-likeness (QED) is 0.794. The van der Waals surface area contributed by atoms with Crippen molar-refractivity contribution >= 4 is 0 Å². The summed E-state index contributed by atoms with van der Waals surface area (Å²) < 4.78 is 2.20. The Morgan fingerprint density at radius 1 is 1.43 bits per heavy atom. The van der Waals surface area contributed by atoms with Crippen molar-refractivity contribution in [1.82, 2.24) is 9.47 Å². The second kappa shape index (κ2) is 6.72. The highest BCUT2D eigenvalue weighted by Crippen LogP contribution is 2.18. The topological polar surface area (TPSA) is 25.2 Å². The Hall–Kier alpha value is -1.87. The van der Waals surface area contributed by atoms with Crippen molar-refractivity contribution in [2.45, 2.75) is 33.9 Å². The maximum atomic E-state index is 11.8. The third-order valence-electron chi connectivity index (χ3n) is 4.24. The van der Waals surface area contributed by atoms with E-state index in [4.69, 9.17) is 0 Å². The lowest BCUT2D eigenvalue weighted by Crippen LogP contribution is -2.37. The third-order valence-corrected chi connectivity index (χ3v) is 4.24. The molecule has 0 bridgehead atoms. The zero-order valence-electron chi connectivity index (χ0n) is 13.2. The van der Waals surface area contributed by atoms with Gasteiger partial charge in [0.15, 0.2) is 5.43 Å². The molecule has 0 amide bonds. The fourth-order valence-corrected chi connectivity index (χ4v) is 2.70. The molecular weight excluding hydrogens is 260 g/mol. The molecule has 0 aromatic carbocycles. The van der Waals surface area contributed by atoms with Gasteiger partial charge in [0.25, 0.3) is 0 Å². The summed E-state index contributed by atoms with van der Waals surface area (Å²) in [7, 11) is 0. The van der Waals surface area contributed by atoms with Crippen LogP contribution >= 0.6 is 0 Å². The van der Waals surface area contributed by atoms with Gasteiger partial charge in [-0.2, -0.15) is 0 Å². The molecule has 0 saturated heterocycles. The summed E-state index contributed by atoms with van der Waals surface area (Å²) in [5.41, 5.74) is 4.72. The Kier molecular flexibility index (Phi) is 4.97. The van der Waals surface area contributed by atoms with Gasteiger partial charge in [0.2, 0.25) is 0 Å². The highest BCUT2D eigenvalue weighted by Gasteiger charge is 2.18. The van der Waals surface area contributed by atoms with E-state index < -0.39 is 0 Å². The number of nitrogens with zero attached hydrogens (tertiary/aromatic N) is 2. The number of allylic oxidation sites excluding steroid dienone is 3. The first-order valence-electron chi connectivity index (χ1n) is 7.43. The minimum Gasteiger partial charge on any atom is -0.348 e. The van der Waals surface area contributed by atoms with Crippen molar-refractivity contribution in [2.24, 2.45) is 0 Å². The molecule has 0 fully saturated rings. The van der Waals surface area contributed by atoms with Crippen LogP contribution in [-0.4, -0.2) is 22.6 Å². The van der Waals surface area contributed by atoms with E-state index in [1.807, 2.05) is 19.2 Å². The van der Waals surface area contributed by atoms with Gasteiger partial charge in [-0.15, -0.1) is 0 Å². The van der Waals surface area contributed by atoms with E-state index in [9.17, 15) is 4.79 Å². The number of hydrogen-bond acceptors (Lipinski definition) is 2. The fraction of sp³-hybridized carbons (Fsp3) is 0.389. The van der Waals surface area contributed by atoms with E-state index in [2.05, 4.69) is 42.0 Å². The van der Waals surface area contributed by atoms with Crippen molar-refractivity contribution in [3.8, 4) is 0 Å². The normalized spacial score (nSPS) is 16.7. The first-order chi connectivity index (χ1) is 10.1. The number of hydrogen-bond donors (Lipinski definition) is 0. The van der Waals surface area contributed by atoms with E-state index in [0.717, 1.165) is 37.4 Å². The van der Waals surface area contributed by atoms with Gasteiger partial charge in [-0.3, -0.25) is 9.69 Å². The number of aromatic nitrogens is 1. The Morgan fingerprint density at radius 3 is 2.86 bits per heavy atom. The lowest BCUT2D eigenvalue weighted by Gasteiger charge is -2.32. The minimum absolute atomic E-state index is 0.134. The van der Waals surface area contributed by atoms with E-state index >= 15 is 0 Å². The molecule has 21 heavy (non-hydrogen) atoms. The molecule has 0 saturated carbocycles. The molecule has 1 aromatic rings. The van der Waals surface area contributed by atoms with Crippen LogP contribution in [0.1, 0.15) is 25.1 Å². The van der Waals surface area contributed by atoms with Gasteiger partial charge in [0.05, 0.1) is 0 Å². The molecular formula is C18H24N2O. The highest BCUT2D eigenvalue weighted by atomic mass is 16.1. The molecule has 0 atom stereocenters. The van der Waals surface area contributed by atoms with Gasteiger partial charge in [-0.1, -0.05) is 30.4 Å². The molecule has 2 heterocycles. The summed E-state index contributed by atoms with van der Waals surface area (Å²) in [5.74, 6) is 0. The van der Waals surface area contributed by atoms with Crippen LogP contribution in [0.5, 0.6) is 0 Å². The second-order valence-corrected chi connectivity index (χ2v) is 5.56. The van der Waals surface area contributed by atoms with Gasteiger partial charge in [-0.25, -0.2) is 0 Å². The second-order valence-electron chi connectivity index (χ2n) is 5.56. The summed E-state index contributed by atoms with van der Waals surface area (Å²) >= 11 is 0. The van der Waals surface area contributed by atoms with Crippen LogP contribution in [0.3, 0.4) is 0 Å². The zero-order valence-corrected chi connectivity index (χ0v) is 13.2. The van der Waals surface area contributed by atoms with Crippen molar-refractivity contribution in [3.63, 3.8) is 0 Å². The van der Waals surface area contributed by atoms with E-state index in [-0.39, 0.29) is 5.43 Å². The van der Waals surface area contributed by atoms with Crippen LogP contribution in [-0.2, 0) is 13.1 Å². The average molecular weight is 284 g/mol. The van der Waals surface area contributed by atoms with Gasteiger partial charge >= 0.3 is 0 Å². The van der Waals surface area contributed by atoms with Crippen LogP contribution in [0.25, 0.3) is 0 Å². The molecule has 0 spiro atoms. The predicted molar refractivity (Wildman–Crippen MR) is 88.4 cm³/mol. The summed E-state index contributed by atoms with van der Waals surface area (Å²) in [6.07, 6.45) is 7.97. The molecule has 3 nitrogen and oxygen atoms in total. The lowest BCUT2D eigenvalue weighted by molar-refractivity contribution is 0.236. The van der Waals surface area contributed by atoms with E-state index in [1.54, 1.807) is 6.07 Å². The molecule has 0 aliphatic carbocycles. The predicted octanol–water partition coefficient (Wildman–Crippen LogP) is 3.05. The lowest BCUT2D eigenvalue weighted by atomic mass is 10.1. The van der Waals surface area contributed by atoms with Crippen LogP contribution < -0.4 is 5.43 Å². The maximum Gasteiger partial charge on any atom is 0.184 e. The SMILES string of the molecule is C=C/C=C(CN1CCn2ccc(=O)c(C)c2C1)\C(C)=C/C. The Balaban J connectivity index is 2.21. The molecule has 1 aromatic heterocycles. The summed E-state index contributed by atoms with van der Waals surface area (Å²) in [4.78, 5) is 14.2. The van der Waals surface area contributed by atoms with Gasteiger partial charge in [0, 0.05) is 49.7 Å². The molecule has 1 aliphatic rings. The van der Waals surface area contributed by atoms with Crippen LogP contribution in [0.4, 0.5) is 0 Å². The first-order valence-corrected chi connectivity index (χ1v) is 7.43. The number of fused-ring (bicyclic) bond motifs is 1. The molecule has 1 aliphatic heterocycles. The molecule has 0 unspecified atom stereocenters. The average Bonchev–Trinajstić information content (AvgIpc) is 2.50. The molecule has 0 N–H and O–H groups in total.